The number of likely N-dealkylation sites (N-methyl/N-ethyl adjacent to an activating group) is 1. The average molecular weight is 310 g/mol. The Kier molecular flexibility index (Phi) is 5.88. The molecule has 0 aliphatic carbocycles. The Morgan fingerprint density at radius 2 is 1.86 bits per heavy atom. The lowest BCUT2D eigenvalue weighted by Gasteiger charge is -2.37. The Morgan fingerprint density at radius 1 is 1.19 bits per heavy atom. The minimum absolute atomic E-state index is 0.240. The van der Waals surface area contributed by atoms with Crippen molar-refractivity contribution >= 4 is 23.2 Å². The summed E-state index contributed by atoms with van der Waals surface area (Å²) < 4.78 is 0. The Labute approximate surface area is 132 Å². The largest absolute Gasteiger partial charge is 0.368 e. The molecule has 0 atom stereocenters. The highest BCUT2D eigenvalue weighted by molar-refractivity contribution is 6.30. The second-order valence-corrected chi connectivity index (χ2v) is 5.75. The van der Waals surface area contributed by atoms with Crippen molar-refractivity contribution in [3.05, 3.63) is 29.3 Å². The molecule has 1 fully saturated rings. The number of anilines is 1. The summed E-state index contributed by atoms with van der Waals surface area (Å²) in [6.45, 7) is 9.86. The zero-order chi connectivity index (χ0) is 15.2. The molecule has 0 unspecified atom stereocenters. The van der Waals surface area contributed by atoms with Gasteiger partial charge >= 0.3 is 0 Å². The van der Waals surface area contributed by atoms with E-state index in [-0.39, 0.29) is 5.91 Å². The number of carbonyl (C=O) groups excluding carboxylic acids is 1. The van der Waals surface area contributed by atoms with Gasteiger partial charge in [-0.2, -0.15) is 0 Å². The van der Waals surface area contributed by atoms with E-state index in [1.54, 1.807) is 0 Å². The lowest BCUT2D eigenvalue weighted by Crippen LogP contribution is -2.51. The van der Waals surface area contributed by atoms with Gasteiger partial charge in [0.25, 0.3) is 0 Å². The minimum atomic E-state index is 0.240. The van der Waals surface area contributed by atoms with Crippen LogP contribution in [0.4, 0.5) is 5.69 Å². The Hall–Kier alpha value is -1.26. The zero-order valence-corrected chi connectivity index (χ0v) is 13.6. The van der Waals surface area contributed by atoms with E-state index < -0.39 is 0 Å². The fourth-order valence-corrected chi connectivity index (χ4v) is 2.81. The van der Waals surface area contributed by atoms with Crippen LogP contribution >= 0.6 is 11.6 Å². The topological polar surface area (TPSA) is 26.8 Å². The number of hydrogen-bond acceptors (Lipinski definition) is 3. The van der Waals surface area contributed by atoms with Gasteiger partial charge in [-0.05, 0) is 31.3 Å². The molecule has 2 rings (SSSR count). The summed E-state index contributed by atoms with van der Waals surface area (Å²) in [5, 5.41) is 0.757. The molecular weight excluding hydrogens is 286 g/mol. The predicted molar refractivity (Wildman–Crippen MR) is 88.0 cm³/mol. The molecule has 1 aliphatic heterocycles. The highest BCUT2D eigenvalue weighted by Crippen LogP contribution is 2.20. The molecule has 0 radical (unpaired) electrons. The number of nitrogens with zero attached hydrogens (tertiary/aromatic N) is 3. The van der Waals surface area contributed by atoms with Crippen LogP contribution in [0.1, 0.15) is 13.8 Å². The third kappa shape index (κ3) is 4.35. The van der Waals surface area contributed by atoms with Crippen molar-refractivity contribution in [1.29, 1.82) is 0 Å². The summed E-state index contributed by atoms with van der Waals surface area (Å²) in [7, 11) is 0. The lowest BCUT2D eigenvalue weighted by molar-refractivity contribution is -0.132. The number of rotatable bonds is 5. The van der Waals surface area contributed by atoms with Gasteiger partial charge in [-0.3, -0.25) is 9.69 Å². The van der Waals surface area contributed by atoms with Crippen LogP contribution in [0.3, 0.4) is 0 Å². The van der Waals surface area contributed by atoms with Crippen LogP contribution in [-0.4, -0.2) is 61.5 Å². The fourth-order valence-electron chi connectivity index (χ4n) is 2.63. The highest BCUT2D eigenvalue weighted by atomic mass is 35.5. The number of piperazine rings is 1. The molecule has 21 heavy (non-hydrogen) atoms. The molecule has 116 valence electrons. The van der Waals surface area contributed by atoms with Gasteiger partial charge in [0.05, 0.1) is 6.54 Å². The molecule has 0 bridgehead atoms. The molecule has 1 aromatic carbocycles. The van der Waals surface area contributed by atoms with Crippen LogP contribution < -0.4 is 4.90 Å². The molecular formula is C16H24ClN3O. The molecule has 0 N–H and O–H groups in total. The van der Waals surface area contributed by atoms with E-state index in [0.717, 1.165) is 50.0 Å². The first-order chi connectivity index (χ1) is 10.1. The lowest BCUT2D eigenvalue weighted by atomic mass is 10.2. The summed E-state index contributed by atoms with van der Waals surface area (Å²) in [5.74, 6) is 0.240. The third-order valence-corrected chi connectivity index (χ3v) is 4.29. The van der Waals surface area contributed by atoms with Crippen LogP contribution in [0, 0.1) is 0 Å². The highest BCUT2D eigenvalue weighted by Gasteiger charge is 2.22. The average Bonchev–Trinajstić information content (AvgIpc) is 2.52. The van der Waals surface area contributed by atoms with Crippen LogP contribution in [0.25, 0.3) is 0 Å². The Bertz CT molecular complexity index is 468. The van der Waals surface area contributed by atoms with E-state index in [1.807, 2.05) is 23.1 Å². The molecule has 1 aromatic rings. The molecule has 4 nitrogen and oxygen atoms in total. The number of hydrogen-bond donors (Lipinski definition) is 0. The van der Waals surface area contributed by atoms with Crippen LogP contribution in [0.5, 0.6) is 0 Å². The summed E-state index contributed by atoms with van der Waals surface area (Å²) in [6.07, 6.45) is 0. The molecule has 1 heterocycles. The standard InChI is InChI=1S/C16H24ClN3O/c1-3-18(4-2)13-16(21)20-10-8-19(9-11-20)15-7-5-6-14(17)12-15/h5-7,12H,3-4,8-11,13H2,1-2H3. The number of benzene rings is 1. The van der Waals surface area contributed by atoms with Crippen molar-refractivity contribution in [3.63, 3.8) is 0 Å². The van der Waals surface area contributed by atoms with E-state index in [2.05, 4.69) is 29.7 Å². The van der Waals surface area contributed by atoms with Crippen molar-refractivity contribution in [1.82, 2.24) is 9.80 Å². The monoisotopic (exact) mass is 309 g/mol. The Balaban J connectivity index is 1.87. The second-order valence-electron chi connectivity index (χ2n) is 5.31. The predicted octanol–water partition coefficient (Wildman–Crippen LogP) is 2.33. The van der Waals surface area contributed by atoms with Crippen molar-refractivity contribution in [2.75, 3.05) is 50.7 Å². The first-order valence-electron chi connectivity index (χ1n) is 7.64. The maximum atomic E-state index is 12.3. The van der Waals surface area contributed by atoms with Gasteiger partial charge in [0.2, 0.25) is 5.91 Å². The van der Waals surface area contributed by atoms with Gasteiger partial charge < -0.3 is 9.80 Å². The first-order valence-corrected chi connectivity index (χ1v) is 8.02. The van der Waals surface area contributed by atoms with Gasteiger partial charge in [-0.15, -0.1) is 0 Å². The quantitative estimate of drug-likeness (QED) is 0.835. The molecule has 0 saturated carbocycles. The third-order valence-electron chi connectivity index (χ3n) is 4.06. The normalized spacial score (nSPS) is 15.6. The number of halogens is 1. The van der Waals surface area contributed by atoms with E-state index in [4.69, 9.17) is 11.6 Å². The van der Waals surface area contributed by atoms with E-state index in [0.29, 0.717) is 6.54 Å². The molecule has 0 aromatic heterocycles. The Morgan fingerprint density at radius 3 is 2.43 bits per heavy atom. The second kappa shape index (κ2) is 7.66. The van der Waals surface area contributed by atoms with Crippen LogP contribution in [0.2, 0.25) is 5.02 Å². The van der Waals surface area contributed by atoms with Crippen molar-refractivity contribution in [2.24, 2.45) is 0 Å². The number of carbonyl (C=O) groups is 1. The van der Waals surface area contributed by atoms with E-state index >= 15 is 0 Å². The summed E-state index contributed by atoms with van der Waals surface area (Å²) in [4.78, 5) is 18.7. The van der Waals surface area contributed by atoms with Gasteiger partial charge in [0.15, 0.2) is 0 Å². The fraction of sp³-hybridized carbons (Fsp3) is 0.562. The van der Waals surface area contributed by atoms with Crippen LogP contribution in [0.15, 0.2) is 24.3 Å². The maximum absolute atomic E-state index is 12.3. The summed E-state index contributed by atoms with van der Waals surface area (Å²) in [5.41, 5.74) is 1.14. The minimum Gasteiger partial charge on any atom is -0.368 e. The van der Waals surface area contributed by atoms with Gasteiger partial charge in [0, 0.05) is 36.9 Å². The summed E-state index contributed by atoms with van der Waals surface area (Å²) in [6, 6.07) is 7.90. The molecule has 0 spiro atoms. The smallest absolute Gasteiger partial charge is 0.236 e. The van der Waals surface area contributed by atoms with Gasteiger partial charge in [-0.25, -0.2) is 0 Å². The molecule has 1 aliphatic rings. The molecule has 1 amide bonds. The zero-order valence-electron chi connectivity index (χ0n) is 12.9. The SMILES string of the molecule is CCN(CC)CC(=O)N1CCN(c2cccc(Cl)c2)CC1. The van der Waals surface area contributed by atoms with Crippen molar-refractivity contribution < 1.29 is 4.79 Å². The van der Waals surface area contributed by atoms with E-state index in [9.17, 15) is 4.79 Å². The van der Waals surface area contributed by atoms with Crippen LogP contribution in [-0.2, 0) is 4.79 Å². The molecule has 1 saturated heterocycles. The number of amides is 1. The first kappa shape index (κ1) is 16.1. The summed E-state index contributed by atoms with van der Waals surface area (Å²) >= 11 is 6.04. The van der Waals surface area contributed by atoms with Gasteiger partial charge in [0.1, 0.15) is 0 Å². The van der Waals surface area contributed by atoms with Gasteiger partial charge in [-0.1, -0.05) is 31.5 Å². The van der Waals surface area contributed by atoms with Crippen molar-refractivity contribution in [3.8, 4) is 0 Å². The maximum Gasteiger partial charge on any atom is 0.236 e. The van der Waals surface area contributed by atoms with E-state index in [1.165, 1.54) is 0 Å². The molecule has 5 heteroatoms. The van der Waals surface area contributed by atoms with Crippen molar-refractivity contribution in [2.45, 2.75) is 13.8 Å².